The summed E-state index contributed by atoms with van der Waals surface area (Å²) in [7, 11) is 0. The first-order valence-corrected chi connectivity index (χ1v) is 13.3. The van der Waals surface area contributed by atoms with Gasteiger partial charge in [0.25, 0.3) is 11.8 Å². The zero-order valence-corrected chi connectivity index (χ0v) is 21.5. The summed E-state index contributed by atoms with van der Waals surface area (Å²) in [6.45, 7) is 3.50. The highest BCUT2D eigenvalue weighted by Crippen LogP contribution is 2.40. The fourth-order valence-electron chi connectivity index (χ4n) is 6.08. The fraction of sp³-hybridized carbons (Fsp3) is 0.367. The van der Waals surface area contributed by atoms with Crippen molar-refractivity contribution in [3.63, 3.8) is 0 Å². The number of aromatic nitrogens is 1. The minimum Gasteiger partial charge on any atom is -0.454 e. The SMILES string of the molecule is Cc1c(C(=O)NC2CC3CCCN(c4ccc(C(=O)NCc5ccccc5)cn4)C3C2)ccc2c1OCO2. The minimum absolute atomic E-state index is 0.0695. The molecule has 3 unspecified atom stereocenters. The van der Waals surface area contributed by atoms with Crippen LogP contribution in [0, 0.1) is 12.8 Å². The van der Waals surface area contributed by atoms with Crippen molar-refractivity contribution in [3.05, 3.63) is 83.0 Å². The molecule has 0 bridgehead atoms. The number of ether oxygens (including phenoxy) is 2. The van der Waals surface area contributed by atoms with Crippen molar-refractivity contribution in [2.24, 2.45) is 5.92 Å². The lowest BCUT2D eigenvalue weighted by molar-refractivity contribution is 0.0932. The molecule has 1 aromatic heterocycles. The van der Waals surface area contributed by atoms with Gasteiger partial charge in [0.05, 0.1) is 5.56 Å². The van der Waals surface area contributed by atoms with Gasteiger partial charge >= 0.3 is 0 Å². The van der Waals surface area contributed by atoms with Crippen molar-refractivity contribution in [1.82, 2.24) is 15.6 Å². The highest BCUT2D eigenvalue weighted by molar-refractivity contribution is 5.97. The highest BCUT2D eigenvalue weighted by Gasteiger charge is 2.41. The predicted molar refractivity (Wildman–Crippen MR) is 143 cm³/mol. The average Bonchev–Trinajstić information content (AvgIpc) is 3.59. The van der Waals surface area contributed by atoms with Crippen molar-refractivity contribution in [1.29, 1.82) is 0 Å². The standard InChI is InChI=1S/C30H32N4O4/c1-19-24(10-11-26-28(19)38-18-37-26)30(36)33-23-14-21-8-5-13-34(25(21)15-23)27-12-9-22(17-31-27)29(35)32-16-20-6-3-2-4-7-20/h2-4,6-7,9-12,17,21,23,25H,5,8,13-16,18H2,1H3,(H,32,35)(H,33,36). The Bertz CT molecular complexity index is 1330. The molecular weight excluding hydrogens is 480 g/mol. The molecule has 2 amide bonds. The third-order valence-electron chi connectivity index (χ3n) is 8.00. The molecule has 38 heavy (non-hydrogen) atoms. The Hall–Kier alpha value is -4.07. The van der Waals surface area contributed by atoms with E-state index < -0.39 is 0 Å². The maximum Gasteiger partial charge on any atom is 0.253 e. The van der Waals surface area contributed by atoms with Crippen molar-refractivity contribution >= 4 is 17.6 Å². The summed E-state index contributed by atoms with van der Waals surface area (Å²) in [4.78, 5) is 32.8. The molecule has 3 aliphatic rings. The molecule has 1 saturated carbocycles. The molecule has 1 aliphatic carbocycles. The van der Waals surface area contributed by atoms with Gasteiger partial charge in [0.2, 0.25) is 6.79 Å². The zero-order valence-electron chi connectivity index (χ0n) is 21.5. The molecule has 8 nitrogen and oxygen atoms in total. The first kappa shape index (κ1) is 24.3. The van der Waals surface area contributed by atoms with Gasteiger partial charge in [-0.05, 0) is 68.4 Å². The van der Waals surface area contributed by atoms with Crippen molar-refractivity contribution in [3.8, 4) is 11.5 Å². The molecule has 3 aromatic rings. The third kappa shape index (κ3) is 4.78. The van der Waals surface area contributed by atoms with Crippen LogP contribution in [0.5, 0.6) is 11.5 Å². The molecule has 6 rings (SSSR count). The Balaban J connectivity index is 1.09. The Kier molecular flexibility index (Phi) is 6.62. The van der Waals surface area contributed by atoms with Crippen LogP contribution >= 0.6 is 0 Å². The number of carbonyl (C=O) groups excluding carboxylic acids is 2. The number of piperidine rings is 1. The molecule has 2 N–H and O–H groups in total. The molecule has 3 atom stereocenters. The number of benzene rings is 2. The van der Waals surface area contributed by atoms with E-state index in [4.69, 9.17) is 9.47 Å². The van der Waals surface area contributed by atoms with Gasteiger partial charge in [-0.3, -0.25) is 9.59 Å². The normalized spacial score (nSPS) is 21.6. The molecule has 2 aromatic carbocycles. The van der Waals surface area contributed by atoms with E-state index in [1.807, 2.05) is 55.5 Å². The average molecular weight is 513 g/mol. The summed E-state index contributed by atoms with van der Waals surface area (Å²) in [5.74, 6) is 2.54. The monoisotopic (exact) mass is 512 g/mol. The number of hydrogen-bond donors (Lipinski definition) is 2. The van der Waals surface area contributed by atoms with Gasteiger partial charge in [-0.1, -0.05) is 30.3 Å². The second kappa shape index (κ2) is 10.4. The summed E-state index contributed by atoms with van der Waals surface area (Å²) in [5, 5.41) is 6.23. The Morgan fingerprint density at radius 3 is 2.71 bits per heavy atom. The van der Waals surface area contributed by atoms with Gasteiger partial charge < -0.3 is 25.0 Å². The van der Waals surface area contributed by atoms with E-state index in [9.17, 15) is 9.59 Å². The van der Waals surface area contributed by atoms with Crippen LogP contribution in [0.25, 0.3) is 0 Å². The van der Waals surface area contributed by atoms with Crippen molar-refractivity contribution < 1.29 is 19.1 Å². The molecule has 8 heteroatoms. The summed E-state index contributed by atoms with van der Waals surface area (Å²) in [6.07, 6.45) is 5.73. The van der Waals surface area contributed by atoms with Crippen LogP contribution in [0.1, 0.15) is 57.5 Å². The van der Waals surface area contributed by atoms with Crippen LogP contribution in [0.3, 0.4) is 0 Å². The second-order valence-electron chi connectivity index (χ2n) is 10.4. The molecule has 0 radical (unpaired) electrons. The number of amides is 2. The van der Waals surface area contributed by atoms with Gasteiger partial charge in [-0.15, -0.1) is 0 Å². The van der Waals surface area contributed by atoms with Crippen LogP contribution in [0.2, 0.25) is 0 Å². The maximum atomic E-state index is 13.2. The summed E-state index contributed by atoms with van der Waals surface area (Å²) < 4.78 is 11.0. The minimum atomic E-state index is -0.133. The van der Waals surface area contributed by atoms with Crippen LogP contribution < -0.4 is 25.0 Å². The topological polar surface area (TPSA) is 92.8 Å². The molecule has 0 spiro atoms. The zero-order chi connectivity index (χ0) is 26.1. The first-order valence-electron chi connectivity index (χ1n) is 13.3. The van der Waals surface area contributed by atoms with E-state index >= 15 is 0 Å². The Morgan fingerprint density at radius 1 is 1.03 bits per heavy atom. The number of fused-ring (bicyclic) bond motifs is 2. The summed E-state index contributed by atoms with van der Waals surface area (Å²) in [6, 6.07) is 17.7. The van der Waals surface area contributed by atoms with E-state index in [2.05, 4.69) is 20.5 Å². The highest BCUT2D eigenvalue weighted by atomic mass is 16.7. The van der Waals surface area contributed by atoms with Crippen molar-refractivity contribution in [2.45, 2.75) is 51.2 Å². The quantitative estimate of drug-likeness (QED) is 0.514. The fourth-order valence-corrected chi connectivity index (χ4v) is 6.08. The summed E-state index contributed by atoms with van der Waals surface area (Å²) in [5.41, 5.74) is 3.05. The van der Waals surface area contributed by atoms with E-state index in [0.29, 0.717) is 41.1 Å². The second-order valence-corrected chi connectivity index (χ2v) is 10.4. The van der Waals surface area contributed by atoms with Crippen LogP contribution in [-0.2, 0) is 6.54 Å². The number of nitrogens with one attached hydrogen (secondary N) is 2. The largest absolute Gasteiger partial charge is 0.454 e. The lowest BCUT2D eigenvalue weighted by Crippen LogP contribution is -2.43. The lowest BCUT2D eigenvalue weighted by Gasteiger charge is -2.38. The maximum absolute atomic E-state index is 13.2. The Labute approximate surface area is 222 Å². The number of pyridine rings is 1. The van der Waals surface area contributed by atoms with Crippen LogP contribution in [-0.4, -0.2) is 42.2 Å². The van der Waals surface area contributed by atoms with E-state index in [-0.39, 0.29) is 24.6 Å². The van der Waals surface area contributed by atoms with Crippen molar-refractivity contribution in [2.75, 3.05) is 18.2 Å². The van der Waals surface area contributed by atoms with Gasteiger partial charge in [0.1, 0.15) is 5.82 Å². The molecule has 3 heterocycles. The predicted octanol–water partition coefficient (Wildman–Crippen LogP) is 4.23. The molecular formula is C30H32N4O4. The van der Waals surface area contributed by atoms with E-state index in [0.717, 1.165) is 49.2 Å². The van der Waals surface area contributed by atoms with Gasteiger partial charge in [-0.25, -0.2) is 4.98 Å². The van der Waals surface area contributed by atoms with Crippen LogP contribution in [0.4, 0.5) is 5.82 Å². The van der Waals surface area contributed by atoms with E-state index in [1.54, 1.807) is 12.3 Å². The molecule has 196 valence electrons. The number of nitrogens with zero attached hydrogens (tertiary/aromatic N) is 2. The number of hydrogen-bond acceptors (Lipinski definition) is 6. The lowest BCUT2D eigenvalue weighted by atomic mass is 9.92. The first-order chi connectivity index (χ1) is 18.6. The smallest absolute Gasteiger partial charge is 0.253 e. The Morgan fingerprint density at radius 2 is 1.89 bits per heavy atom. The summed E-state index contributed by atoms with van der Waals surface area (Å²) >= 11 is 0. The van der Waals surface area contributed by atoms with Gasteiger partial charge in [0.15, 0.2) is 11.5 Å². The molecule has 2 aliphatic heterocycles. The van der Waals surface area contributed by atoms with Gasteiger partial charge in [-0.2, -0.15) is 0 Å². The number of anilines is 1. The van der Waals surface area contributed by atoms with E-state index in [1.165, 1.54) is 0 Å². The molecule has 1 saturated heterocycles. The third-order valence-corrected chi connectivity index (χ3v) is 8.00. The van der Waals surface area contributed by atoms with Crippen LogP contribution in [0.15, 0.2) is 60.8 Å². The number of carbonyl (C=O) groups is 2. The number of rotatable bonds is 6. The van der Waals surface area contributed by atoms with Gasteiger partial charge in [0, 0.05) is 42.5 Å². The molecule has 2 fully saturated rings.